The first-order valence-electron chi connectivity index (χ1n) is 6.21. The Bertz CT molecular complexity index is 565. The van der Waals surface area contributed by atoms with Gasteiger partial charge in [0, 0.05) is 23.8 Å². The lowest BCUT2D eigenvalue weighted by molar-refractivity contribution is 0.0946. The first kappa shape index (κ1) is 13.5. The fourth-order valence-corrected chi connectivity index (χ4v) is 2.71. The van der Waals surface area contributed by atoms with Gasteiger partial charge in [-0.2, -0.15) is 0 Å². The number of nitrogens with one attached hydrogen (secondary N) is 2. The molecular weight excluding hydrogens is 258 g/mol. The van der Waals surface area contributed by atoms with E-state index in [2.05, 4.69) is 34.0 Å². The summed E-state index contributed by atoms with van der Waals surface area (Å²) in [7, 11) is 1.82. The summed E-state index contributed by atoms with van der Waals surface area (Å²) >= 11 is 1.67. The van der Waals surface area contributed by atoms with Gasteiger partial charge in [0.05, 0.1) is 6.54 Å². The lowest BCUT2D eigenvalue weighted by atomic mass is 10.2. The molecule has 100 valence electrons. The second-order valence-electron chi connectivity index (χ2n) is 4.09. The highest BCUT2D eigenvalue weighted by molar-refractivity contribution is 7.10. The Labute approximate surface area is 116 Å². The first-order valence-corrected chi connectivity index (χ1v) is 7.09. The molecule has 0 unspecified atom stereocenters. The van der Waals surface area contributed by atoms with Crippen molar-refractivity contribution in [2.24, 2.45) is 0 Å². The van der Waals surface area contributed by atoms with Crippen molar-refractivity contribution in [3.05, 3.63) is 45.9 Å². The fourth-order valence-electron chi connectivity index (χ4n) is 1.80. The van der Waals surface area contributed by atoms with Crippen molar-refractivity contribution < 1.29 is 4.79 Å². The van der Waals surface area contributed by atoms with Crippen molar-refractivity contribution in [3.63, 3.8) is 0 Å². The number of aromatic nitrogens is 1. The van der Waals surface area contributed by atoms with E-state index in [9.17, 15) is 4.79 Å². The van der Waals surface area contributed by atoms with Crippen LogP contribution < -0.4 is 10.6 Å². The molecule has 0 saturated carbocycles. The van der Waals surface area contributed by atoms with Crippen LogP contribution in [0.3, 0.4) is 0 Å². The fraction of sp³-hybridized carbons (Fsp3) is 0.286. The molecule has 0 fully saturated rings. The van der Waals surface area contributed by atoms with Gasteiger partial charge >= 0.3 is 0 Å². The molecule has 2 N–H and O–H groups in total. The zero-order valence-corrected chi connectivity index (χ0v) is 11.9. The first-order chi connectivity index (χ1) is 9.24. The van der Waals surface area contributed by atoms with E-state index in [0.717, 1.165) is 12.1 Å². The summed E-state index contributed by atoms with van der Waals surface area (Å²) in [6, 6.07) is 5.67. The number of amides is 1. The van der Waals surface area contributed by atoms with E-state index >= 15 is 0 Å². The topological polar surface area (TPSA) is 54.0 Å². The minimum absolute atomic E-state index is 0.146. The molecule has 0 saturated heterocycles. The molecule has 2 rings (SSSR count). The standard InChI is InChI=1S/C14H17N3OS/c1-3-10-5-7-19-13(10)9-17-14(18)12-8-11(15-2)4-6-16-12/h4-8H,3,9H2,1-2H3,(H,15,16)(H,17,18). The van der Waals surface area contributed by atoms with Crippen LogP contribution in [0.1, 0.15) is 27.9 Å². The van der Waals surface area contributed by atoms with Crippen LogP contribution in [-0.2, 0) is 13.0 Å². The molecule has 0 aliphatic rings. The highest BCUT2D eigenvalue weighted by Gasteiger charge is 2.09. The van der Waals surface area contributed by atoms with Gasteiger partial charge < -0.3 is 10.6 Å². The average molecular weight is 275 g/mol. The number of carbonyl (C=O) groups is 1. The van der Waals surface area contributed by atoms with Crippen LogP contribution in [0, 0.1) is 0 Å². The predicted molar refractivity (Wildman–Crippen MR) is 78.7 cm³/mol. The molecule has 0 spiro atoms. The molecule has 19 heavy (non-hydrogen) atoms. The third kappa shape index (κ3) is 3.32. The highest BCUT2D eigenvalue weighted by Crippen LogP contribution is 2.17. The second-order valence-corrected chi connectivity index (χ2v) is 5.09. The number of thiophene rings is 1. The van der Waals surface area contributed by atoms with Gasteiger partial charge in [-0.25, -0.2) is 0 Å². The van der Waals surface area contributed by atoms with Crippen LogP contribution in [0.15, 0.2) is 29.8 Å². The number of carbonyl (C=O) groups excluding carboxylic acids is 1. The minimum Gasteiger partial charge on any atom is -0.388 e. The maximum atomic E-state index is 12.0. The monoisotopic (exact) mass is 275 g/mol. The van der Waals surface area contributed by atoms with Crippen molar-refractivity contribution in [3.8, 4) is 0 Å². The Balaban J connectivity index is 2.01. The van der Waals surface area contributed by atoms with Gasteiger partial charge in [-0.15, -0.1) is 11.3 Å². The molecule has 4 nitrogen and oxygen atoms in total. The molecule has 0 aliphatic heterocycles. The summed E-state index contributed by atoms with van der Waals surface area (Å²) in [5, 5.41) is 7.96. The van der Waals surface area contributed by atoms with Crippen LogP contribution >= 0.6 is 11.3 Å². The van der Waals surface area contributed by atoms with E-state index in [0.29, 0.717) is 12.2 Å². The van der Waals surface area contributed by atoms with E-state index in [4.69, 9.17) is 0 Å². The Morgan fingerprint density at radius 2 is 2.26 bits per heavy atom. The van der Waals surface area contributed by atoms with Crippen LogP contribution in [0.25, 0.3) is 0 Å². The highest BCUT2D eigenvalue weighted by atomic mass is 32.1. The van der Waals surface area contributed by atoms with Gasteiger partial charge in [0.1, 0.15) is 5.69 Å². The van der Waals surface area contributed by atoms with Gasteiger partial charge in [-0.05, 0) is 35.6 Å². The average Bonchev–Trinajstić information content (AvgIpc) is 2.92. The van der Waals surface area contributed by atoms with E-state index in [1.165, 1.54) is 10.4 Å². The van der Waals surface area contributed by atoms with Gasteiger partial charge in [0.25, 0.3) is 5.91 Å². The molecule has 0 radical (unpaired) electrons. The third-order valence-corrected chi connectivity index (χ3v) is 3.87. The zero-order valence-electron chi connectivity index (χ0n) is 11.1. The number of rotatable bonds is 5. The molecule has 5 heteroatoms. The van der Waals surface area contributed by atoms with Crippen LogP contribution in [0.5, 0.6) is 0 Å². The Kier molecular flexibility index (Phi) is 4.52. The number of pyridine rings is 1. The van der Waals surface area contributed by atoms with Gasteiger partial charge in [0.2, 0.25) is 0 Å². The third-order valence-electron chi connectivity index (χ3n) is 2.91. The van der Waals surface area contributed by atoms with Gasteiger partial charge in [-0.3, -0.25) is 9.78 Å². The van der Waals surface area contributed by atoms with E-state index in [-0.39, 0.29) is 5.91 Å². The van der Waals surface area contributed by atoms with Crippen molar-refractivity contribution in [2.75, 3.05) is 12.4 Å². The Hall–Kier alpha value is -1.88. The number of nitrogens with zero attached hydrogens (tertiary/aromatic N) is 1. The second kappa shape index (κ2) is 6.33. The quantitative estimate of drug-likeness (QED) is 0.882. The van der Waals surface area contributed by atoms with Crippen LogP contribution in [0.4, 0.5) is 5.69 Å². The van der Waals surface area contributed by atoms with Crippen molar-refractivity contribution in [1.29, 1.82) is 0 Å². The molecular formula is C14H17N3OS. The van der Waals surface area contributed by atoms with Crippen molar-refractivity contribution >= 4 is 22.9 Å². The molecule has 0 atom stereocenters. The predicted octanol–water partition coefficient (Wildman–Crippen LogP) is 2.68. The van der Waals surface area contributed by atoms with Crippen LogP contribution in [-0.4, -0.2) is 17.9 Å². The number of anilines is 1. The lowest BCUT2D eigenvalue weighted by Gasteiger charge is -2.06. The smallest absolute Gasteiger partial charge is 0.270 e. The zero-order chi connectivity index (χ0) is 13.7. The van der Waals surface area contributed by atoms with Gasteiger partial charge in [-0.1, -0.05) is 6.92 Å². The molecule has 2 aromatic heterocycles. The number of aryl methyl sites for hydroxylation is 1. The normalized spacial score (nSPS) is 10.2. The summed E-state index contributed by atoms with van der Waals surface area (Å²) in [6.45, 7) is 2.68. The largest absolute Gasteiger partial charge is 0.388 e. The van der Waals surface area contributed by atoms with Crippen molar-refractivity contribution in [2.45, 2.75) is 19.9 Å². The maximum Gasteiger partial charge on any atom is 0.270 e. The molecule has 0 bridgehead atoms. The SMILES string of the molecule is CCc1ccsc1CNC(=O)c1cc(NC)ccn1. The number of hydrogen-bond donors (Lipinski definition) is 2. The summed E-state index contributed by atoms with van der Waals surface area (Å²) < 4.78 is 0. The van der Waals surface area contributed by atoms with Crippen LogP contribution in [0.2, 0.25) is 0 Å². The minimum atomic E-state index is -0.146. The molecule has 2 aromatic rings. The van der Waals surface area contributed by atoms with E-state index in [1.54, 1.807) is 23.6 Å². The lowest BCUT2D eigenvalue weighted by Crippen LogP contribution is -2.23. The van der Waals surface area contributed by atoms with Gasteiger partial charge in [0.15, 0.2) is 0 Å². The summed E-state index contributed by atoms with van der Waals surface area (Å²) in [6.07, 6.45) is 2.62. The number of hydrogen-bond acceptors (Lipinski definition) is 4. The van der Waals surface area contributed by atoms with Crippen molar-refractivity contribution in [1.82, 2.24) is 10.3 Å². The molecule has 2 heterocycles. The summed E-state index contributed by atoms with van der Waals surface area (Å²) in [5.74, 6) is -0.146. The maximum absolute atomic E-state index is 12.0. The Morgan fingerprint density at radius 3 is 3.00 bits per heavy atom. The summed E-state index contributed by atoms with van der Waals surface area (Å²) in [4.78, 5) is 17.3. The van der Waals surface area contributed by atoms with E-state index < -0.39 is 0 Å². The summed E-state index contributed by atoms with van der Waals surface area (Å²) in [5.41, 5.74) is 2.61. The molecule has 0 aliphatic carbocycles. The molecule has 0 aromatic carbocycles. The molecule has 1 amide bonds. The van der Waals surface area contributed by atoms with E-state index in [1.807, 2.05) is 13.1 Å². The Morgan fingerprint density at radius 1 is 1.42 bits per heavy atom.